The molecule has 3 heterocycles. The van der Waals surface area contributed by atoms with Gasteiger partial charge in [-0.15, -0.1) is 11.3 Å². The smallest absolute Gasteiger partial charge is 0.331 e. The van der Waals surface area contributed by atoms with Crippen molar-refractivity contribution in [2.24, 2.45) is 0 Å². The Labute approximate surface area is 248 Å². The van der Waals surface area contributed by atoms with E-state index < -0.39 is 0 Å². The number of thiophene rings is 1. The maximum Gasteiger partial charge on any atom is 0.331 e. The molecule has 9 nitrogen and oxygen atoms in total. The van der Waals surface area contributed by atoms with Crippen LogP contribution in [0, 0.1) is 6.92 Å². The molecule has 2 aromatic carbocycles. The highest BCUT2D eigenvalue weighted by Crippen LogP contribution is 2.46. The second-order valence-corrected chi connectivity index (χ2v) is 11.2. The predicted octanol–water partition coefficient (Wildman–Crippen LogP) is 7.06. The number of benzene rings is 2. The SMILES string of the molecule is C.C=CC(=O)NC1CCC(NC(=O)c2sc3nccc4c3c2NC(=O)N4c2ccc(Oc3ccccc3)cc2C)CC1. The van der Waals surface area contributed by atoms with Gasteiger partial charge in [0.15, 0.2) is 0 Å². The van der Waals surface area contributed by atoms with Gasteiger partial charge in [0.05, 0.1) is 22.4 Å². The van der Waals surface area contributed by atoms with Gasteiger partial charge in [0, 0.05) is 18.3 Å². The summed E-state index contributed by atoms with van der Waals surface area (Å²) in [6.45, 7) is 5.43. The van der Waals surface area contributed by atoms with Crippen LogP contribution in [0.25, 0.3) is 10.2 Å². The zero-order chi connectivity index (χ0) is 28.5. The number of nitrogens with zero attached hydrogens (tertiary/aromatic N) is 2. The van der Waals surface area contributed by atoms with E-state index in [0.717, 1.165) is 42.4 Å². The van der Waals surface area contributed by atoms with Crippen LogP contribution in [0.1, 0.15) is 48.3 Å². The number of para-hydroxylation sites is 1. The fourth-order valence-electron chi connectivity index (χ4n) is 5.44. The maximum absolute atomic E-state index is 13.5. The first-order valence-corrected chi connectivity index (χ1v) is 14.3. The van der Waals surface area contributed by atoms with Gasteiger partial charge >= 0.3 is 6.03 Å². The molecule has 2 aromatic heterocycles. The quantitative estimate of drug-likeness (QED) is 0.202. The Kier molecular flexibility index (Phi) is 8.26. The van der Waals surface area contributed by atoms with Crippen LogP contribution in [0.15, 0.2) is 73.4 Å². The lowest BCUT2D eigenvalue weighted by atomic mass is 9.91. The maximum atomic E-state index is 13.5. The molecule has 216 valence electrons. The van der Waals surface area contributed by atoms with Crippen molar-refractivity contribution in [3.05, 3.63) is 83.9 Å². The first kappa shape index (κ1) is 28.8. The van der Waals surface area contributed by atoms with Crippen molar-refractivity contribution >= 4 is 56.5 Å². The second kappa shape index (κ2) is 12.0. The van der Waals surface area contributed by atoms with Crippen LogP contribution in [0.3, 0.4) is 0 Å². The number of rotatable bonds is 7. The van der Waals surface area contributed by atoms with E-state index in [-0.39, 0.29) is 37.4 Å². The molecule has 2 aliphatic rings. The summed E-state index contributed by atoms with van der Waals surface area (Å²) in [6.07, 6.45) is 5.98. The van der Waals surface area contributed by atoms with Crippen LogP contribution in [-0.4, -0.2) is 34.9 Å². The lowest BCUT2D eigenvalue weighted by Gasteiger charge is -2.30. The van der Waals surface area contributed by atoms with Crippen LogP contribution in [0.2, 0.25) is 0 Å². The Morgan fingerprint density at radius 3 is 2.43 bits per heavy atom. The van der Waals surface area contributed by atoms with Gasteiger partial charge in [-0.05, 0) is 80.6 Å². The molecule has 3 N–H and O–H groups in total. The molecular weight excluding hydrogens is 550 g/mol. The third kappa shape index (κ3) is 5.58. The molecule has 4 amide bonds. The Balaban J connectivity index is 0.00000353. The molecular formula is C32H33N5O4S. The number of pyridine rings is 1. The Hall–Kier alpha value is -4.70. The molecule has 1 aliphatic carbocycles. The topological polar surface area (TPSA) is 113 Å². The summed E-state index contributed by atoms with van der Waals surface area (Å²) in [6, 6.07) is 16.6. The van der Waals surface area contributed by atoms with Crippen molar-refractivity contribution in [3.63, 3.8) is 0 Å². The number of hydrogen-bond donors (Lipinski definition) is 3. The van der Waals surface area contributed by atoms with Crippen molar-refractivity contribution in [3.8, 4) is 11.5 Å². The molecule has 10 heteroatoms. The highest BCUT2D eigenvalue weighted by Gasteiger charge is 2.34. The molecule has 0 unspecified atom stereocenters. The van der Waals surface area contributed by atoms with Crippen LogP contribution in [0.4, 0.5) is 21.9 Å². The lowest BCUT2D eigenvalue weighted by Crippen LogP contribution is -2.43. The van der Waals surface area contributed by atoms with Gasteiger partial charge < -0.3 is 20.7 Å². The van der Waals surface area contributed by atoms with Crippen LogP contribution in [0.5, 0.6) is 11.5 Å². The van der Waals surface area contributed by atoms with Gasteiger partial charge in [0.2, 0.25) is 5.91 Å². The number of anilines is 3. The van der Waals surface area contributed by atoms with Gasteiger partial charge in [0.1, 0.15) is 21.2 Å². The van der Waals surface area contributed by atoms with E-state index >= 15 is 0 Å². The van der Waals surface area contributed by atoms with E-state index in [1.54, 1.807) is 17.2 Å². The van der Waals surface area contributed by atoms with Crippen molar-refractivity contribution in [1.82, 2.24) is 15.6 Å². The second-order valence-electron chi connectivity index (χ2n) is 10.2. The molecule has 1 fully saturated rings. The summed E-state index contributed by atoms with van der Waals surface area (Å²) in [4.78, 5) is 45.8. The molecule has 0 saturated heterocycles. The van der Waals surface area contributed by atoms with E-state index in [0.29, 0.717) is 32.5 Å². The number of aryl methyl sites for hydroxylation is 1. The molecule has 0 atom stereocenters. The summed E-state index contributed by atoms with van der Waals surface area (Å²) in [7, 11) is 0. The van der Waals surface area contributed by atoms with Gasteiger partial charge in [-0.1, -0.05) is 32.2 Å². The van der Waals surface area contributed by atoms with Crippen molar-refractivity contribution in [2.75, 3.05) is 10.2 Å². The zero-order valence-electron chi connectivity index (χ0n) is 22.5. The van der Waals surface area contributed by atoms with Gasteiger partial charge in [-0.25, -0.2) is 9.78 Å². The monoisotopic (exact) mass is 583 g/mol. The molecule has 1 aliphatic heterocycles. The van der Waals surface area contributed by atoms with E-state index in [1.807, 2.05) is 55.5 Å². The summed E-state index contributed by atoms with van der Waals surface area (Å²) in [5, 5.41) is 9.76. The number of nitrogens with one attached hydrogen (secondary N) is 3. The van der Waals surface area contributed by atoms with E-state index in [1.165, 1.54) is 17.4 Å². The Bertz CT molecular complexity index is 1660. The van der Waals surface area contributed by atoms with Crippen molar-refractivity contribution in [2.45, 2.75) is 52.1 Å². The minimum atomic E-state index is -0.351. The van der Waals surface area contributed by atoms with Gasteiger partial charge in [0.25, 0.3) is 5.91 Å². The first-order valence-electron chi connectivity index (χ1n) is 13.5. The molecule has 42 heavy (non-hydrogen) atoms. The normalized spacial score (nSPS) is 17.5. The molecule has 6 rings (SSSR count). The molecule has 0 bridgehead atoms. The minimum absolute atomic E-state index is 0. The fraction of sp³-hybridized carbons (Fsp3) is 0.250. The number of amides is 4. The highest BCUT2D eigenvalue weighted by molar-refractivity contribution is 7.21. The average molecular weight is 584 g/mol. The number of carbonyl (C=O) groups is 3. The van der Waals surface area contributed by atoms with Gasteiger partial charge in [-0.2, -0.15) is 0 Å². The molecule has 0 spiro atoms. The van der Waals surface area contributed by atoms with Gasteiger partial charge in [-0.3, -0.25) is 14.5 Å². The Morgan fingerprint density at radius 1 is 1.02 bits per heavy atom. The lowest BCUT2D eigenvalue weighted by molar-refractivity contribution is -0.117. The third-order valence-electron chi connectivity index (χ3n) is 7.43. The summed E-state index contributed by atoms with van der Waals surface area (Å²) >= 11 is 1.27. The van der Waals surface area contributed by atoms with Crippen LogP contribution in [-0.2, 0) is 4.79 Å². The molecule has 0 radical (unpaired) electrons. The number of ether oxygens (including phenoxy) is 1. The number of carbonyl (C=O) groups excluding carboxylic acids is 3. The van der Waals surface area contributed by atoms with Crippen molar-refractivity contribution < 1.29 is 19.1 Å². The zero-order valence-corrected chi connectivity index (χ0v) is 23.3. The summed E-state index contributed by atoms with van der Waals surface area (Å²) in [5.41, 5.74) is 2.72. The number of aromatic nitrogens is 1. The van der Waals surface area contributed by atoms with Crippen LogP contribution >= 0.6 is 11.3 Å². The highest BCUT2D eigenvalue weighted by atomic mass is 32.1. The van der Waals surface area contributed by atoms with E-state index in [9.17, 15) is 14.4 Å². The van der Waals surface area contributed by atoms with E-state index in [4.69, 9.17) is 4.74 Å². The standard InChI is InChI=1S/C31H29N5O4S.CH4/c1-3-25(37)33-19-9-11-20(12-10-19)34-29(38)28-27-26-24(15-16-32-30(26)41-28)36(31(39)35-27)23-14-13-22(17-18(23)2)40-21-7-5-4-6-8-21;/h3-8,13-17,19-20H,1,9-12H2,2H3,(H,33,37)(H,34,38)(H,35,39);1H4. The Morgan fingerprint density at radius 2 is 1.74 bits per heavy atom. The van der Waals surface area contributed by atoms with E-state index in [2.05, 4.69) is 27.5 Å². The first-order chi connectivity index (χ1) is 19.9. The summed E-state index contributed by atoms with van der Waals surface area (Å²) < 4.78 is 5.97. The fourth-order valence-corrected chi connectivity index (χ4v) is 6.47. The number of hydrogen-bond acceptors (Lipinski definition) is 6. The average Bonchev–Trinajstić information content (AvgIpc) is 3.35. The predicted molar refractivity (Wildman–Crippen MR) is 167 cm³/mol. The minimum Gasteiger partial charge on any atom is -0.457 e. The van der Waals surface area contributed by atoms with Crippen LogP contribution < -0.4 is 25.6 Å². The largest absolute Gasteiger partial charge is 0.457 e. The summed E-state index contributed by atoms with van der Waals surface area (Å²) in [5.74, 6) is 0.982. The molecule has 4 aromatic rings. The molecule has 1 saturated carbocycles. The van der Waals surface area contributed by atoms with Crippen molar-refractivity contribution in [1.29, 1.82) is 0 Å². The third-order valence-corrected chi connectivity index (χ3v) is 8.53. The number of urea groups is 1.